The first-order valence-electron chi connectivity index (χ1n) is 5.71. The van der Waals surface area contributed by atoms with Crippen LogP contribution in [0.4, 0.5) is 5.69 Å². The lowest BCUT2D eigenvalue weighted by Crippen LogP contribution is -1.94. The SMILES string of the molecule is CC(=O)c1cccc(Oc2cccc([N+](=O)[O-])c2Br)c1. The highest BCUT2D eigenvalue weighted by atomic mass is 79.9. The summed E-state index contributed by atoms with van der Waals surface area (Å²) in [7, 11) is 0. The van der Waals surface area contributed by atoms with Crippen molar-refractivity contribution in [3.05, 3.63) is 62.6 Å². The van der Waals surface area contributed by atoms with E-state index in [0.29, 0.717) is 17.1 Å². The van der Waals surface area contributed by atoms with Gasteiger partial charge in [0.15, 0.2) is 5.78 Å². The molecule has 0 aliphatic rings. The van der Waals surface area contributed by atoms with Crippen molar-refractivity contribution in [2.45, 2.75) is 6.92 Å². The number of nitrogens with zero attached hydrogens (tertiary/aromatic N) is 1. The zero-order valence-corrected chi connectivity index (χ0v) is 12.1. The van der Waals surface area contributed by atoms with Gasteiger partial charge in [-0.05, 0) is 41.1 Å². The van der Waals surface area contributed by atoms with E-state index in [1.165, 1.54) is 19.1 Å². The molecule has 0 saturated carbocycles. The molecule has 0 heterocycles. The Bertz CT molecular complexity index is 685. The highest BCUT2D eigenvalue weighted by Crippen LogP contribution is 2.36. The van der Waals surface area contributed by atoms with Gasteiger partial charge < -0.3 is 4.74 Å². The summed E-state index contributed by atoms with van der Waals surface area (Å²) in [6.07, 6.45) is 0. The molecule has 0 spiro atoms. The number of halogens is 1. The fourth-order valence-corrected chi connectivity index (χ4v) is 2.11. The summed E-state index contributed by atoms with van der Waals surface area (Å²) in [5, 5.41) is 10.8. The third-order valence-corrected chi connectivity index (χ3v) is 3.41. The molecule has 0 aliphatic heterocycles. The number of hydrogen-bond acceptors (Lipinski definition) is 4. The van der Waals surface area contributed by atoms with E-state index in [9.17, 15) is 14.9 Å². The minimum absolute atomic E-state index is 0.0754. The number of hydrogen-bond donors (Lipinski definition) is 0. The largest absolute Gasteiger partial charge is 0.456 e. The number of nitro groups is 1. The summed E-state index contributed by atoms with van der Waals surface area (Å²) >= 11 is 3.15. The zero-order chi connectivity index (χ0) is 14.7. The Morgan fingerprint density at radius 1 is 1.25 bits per heavy atom. The number of carbonyl (C=O) groups excluding carboxylic acids is 1. The summed E-state index contributed by atoms with van der Waals surface area (Å²) in [6.45, 7) is 1.46. The Labute approximate surface area is 123 Å². The molecule has 0 aromatic heterocycles. The third-order valence-electron chi connectivity index (χ3n) is 2.61. The van der Waals surface area contributed by atoms with Crippen LogP contribution in [-0.4, -0.2) is 10.7 Å². The second-order valence-corrected chi connectivity index (χ2v) is 4.83. The van der Waals surface area contributed by atoms with E-state index in [1.54, 1.807) is 30.3 Å². The van der Waals surface area contributed by atoms with Crippen LogP contribution in [-0.2, 0) is 0 Å². The van der Waals surface area contributed by atoms with Gasteiger partial charge in [0.25, 0.3) is 5.69 Å². The van der Waals surface area contributed by atoms with E-state index in [1.807, 2.05) is 0 Å². The lowest BCUT2D eigenvalue weighted by molar-refractivity contribution is -0.385. The van der Waals surface area contributed by atoms with Gasteiger partial charge in [-0.2, -0.15) is 0 Å². The zero-order valence-electron chi connectivity index (χ0n) is 10.5. The van der Waals surface area contributed by atoms with Gasteiger partial charge in [0.1, 0.15) is 16.0 Å². The average molecular weight is 336 g/mol. The van der Waals surface area contributed by atoms with Crippen molar-refractivity contribution in [2.24, 2.45) is 0 Å². The molecule has 2 aromatic carbocycles. The minimum Gasteiger partial charge on any atom is -0.456 e. The first kappa shape index (κ1) is 14.2. The minimum atomic E-state index is -0.497. The van der Waals surface area contributed by atoms with Crippen LogP contribution in [0.2, 0.25) is 0 Å². The molecule has 6 heteroatoms. The van der Waals surface area contributed by atoms with Crippen LogP contribution in [0.1, 0.15) is 17.3 Å². The molecule has 0 saturated heterocycles. The number of rotatable bonds is 4. The van der Waals surface area contributed by atoms with Crippen molar-refractivity contribution >= 4 is 27.4 Å². The first-order valence-corrected chi connectivity index (χ1v) is 6.50. The fourth-order valence-electron chi connectivity index (χ4n) is 1.62. The molecule has 0 N–H and O–H groups in total. The van der Waals surface area contributed by atoms with Crippen LogP contribution in [0.25, 0.3) is 0 Å². The van der Waals surface area contributed by atoms with E-state index >= 15 is 0 Å². The lowest BCUT2D eigenvalue weighted by Gasteiger charge is -2.08. The highest BCUT2D eigenvalue weighted by molar-refractivity contribution is 9.10. The quantitative estimate of drug-likeness (QED) is 0.473. The molecule has 0 bridgehead atoms. The van der Waals surface area contributed by atoms with Crippen molar-refractivity contribution in [1.29, 1.82) is 0 Å². The predicted octanol–water partition coefficient (Wildman–Crippen LogP) is 4.35. The van der Waals surface area contributed by atoms with Gasteiger partial charge in [-0.3, -0.25) is 14.9 Å². The maximum Gasteiger partial charge on any atom is 0.287 e. The van der Waals surface area contributed by atoms with Crippen LogP contribution >= 0.6 is 15.9 Å². The predicted molar refractivity (Wildman–Crippen MR) is 77.3 cm³/mol. The van der Waals surface area contributed by atoms with E-state index in [-0.39, 0.29) is 15.9 Å². The molecule has 20 heavy (non-hydrogen) atoms. The molecular formula is C14H10BrNO4. The van der Waals surface area contributed by atoms with Gasteiger partial charge in [-0.25, -0.2) is 0 Å². The molecule has 0 amide bonds. The Morgan fingerprint density at radius 2 is 1.95 bits per heavy atom. The number of ketones is 1. The van der Waals surface area contributed by atoms with Crippen molar-refractivity contribution in [1.82, 2.24) is 0 Å². The van der Waals surface area contributed by atoms with Crippen LogP contribution in [0, 0.1) is 10.1 Å². The third kappa shape index (κ3) is 3.03. The summed E-state index contributed by atoms with van der Waals surface area (Å²) in [6, 6.07) is 11.2. The van der Waals surface area contributed by atoms with Gasteiger partial charge in [0, 0.05) is 11.6 Å². The van der Waals surface area contributed by atoms with Gasteiger partial charge in [0.05, 0.1) is 4.92 Å². The maximum atomic E-state index is 11.3. The summed E-state index contributed by atoms with van der Waals surface area (Å²) in [5.41, 5.74) is 0.439. The van der Waals surface area contributed by atoms with Crippen LogP contribution in [0.3, 0.4) is 0 Å². The smallest absolute Gasteiger partial charge is 0.287 e. The summed E-state index contributed by atoms with van der Waals surface area (Å²) in [5.74, 6) is 0.687. The fraction of sp³-hybridized carbons (Fsp3) is 0.0714. The Hall–Kier alpha value is -2.21. The molecular weight excluding hydrogens is 326 g/mol. The van der Waals surface area contributed by atoms with Crippen molar-refractivity contribution < 1.29 is 14.5 Å². The first-order chi connectivity index (χ1) is 9.49. The maximum absolute atomic E-state index is 11.3. The van der Waals surface area contributed by atoms with Crippen LogP contribution in [0.15, 0.2) is 46.9 Å². The topological polar surface area (TPSA) is 69.4 Å². The molecule has 0 unspecified atom stereocenters. The molecule has 0 atom stereocenters. The molecule has 2 rings (SSSR count). The van der Waals surface area contributed by atoms with Gasteiger partial charge in [-0.1, -0.05) is 18.2 Å². The van der Waals surface area contributed by atoms with Gasteiger partial charge in [-0.15, -0.1) is 0 Å². The van der Waals surface area contributed by atoms with E-state index in [0.717, 1.165) is 0 Å². The standard InChI is InChI=1S/C14H10BrNO4/c1-9(17)10-4-2-5-11(8-10)20-13-7-3-6-12(14(13)15)16(18)19/h2-8H,1H3. The van der Waals surface area contributed by atoms with Crippen LogP contribution < -0.4 is 4.74 Å². The van der Waals surface area contributed by atoms with Crippen molar-refractivity contribution in [2.75, 3.05) is 0 Å². The van der Waals surface area contributed by atoms with Gasteiger partial charge in [0.2, 0.25) is 0 Å². The molecule has 0 aliphatic carbocycles. The van der Waals surface area contributed by atoms with E-state index < -0.39 is 4.92 Å². The van der Waals surface area contributed by atoms with Crippen LogP contribution in [0.5, 0.6) is 11.5 Å². The Kier molecular flexibility index (Phi) is 4.14. The second kappa shape index (κ2) is 5.83. The van der Waals surface area contributed by atoms with E-state index in [2.05, 4.69) is 15.9 Å². The molecule has 5 nitrogen and oxygen atoms in total. The van der Waals surface area contributed by atoms with Crippen molar-refractivity contribution in [3.8, 4) is 11.5 Å². The number of Topliss-reactive ketones (excluding diaryl/α,β-unsaturated/α-hetero) is 1. The second-order valence-electron chi connectivity index (χ2n) is 4.03. The number of carbonyl (C=O) groups is 1. The van der Waals surface area contributed by atoms with E-state index in [4.69, 9.17) is 4.74 Å². The number of benzene rings is 2. The molecule has 0 radical (unpaired) electrons. The Morgan fingerprint density at radius 3 is 2.60 bits per heavy atom. The molecule has 2 aromatic rings. The highest BCUT2D eigenvalue weighted by Gasteiger charge is 2.16. The normalized spacial score (nSPS) is 10.1. The summed E-state index contributed by atoms with van der Waals surface area (Å²) in [4.78, 5) is 21.7. The monoisotopic (exact) mass is 335 g/mol. The van der Waals surface area contributed by atoms with Gasteiger partial charge >= 0.3 is 0 Å². The van der Waals surface area contributed by atoms with Crippen molar-refractivity contribution in [3.63, 3.8) is 0 Å². The molecule has 0 fully saturated rings. The Balaban J connectivity index is 2.35. The number of nitro benzene ring substituents is 1. The lowest BCUT2D eigenvalue weighted by atomic mass is 10.1. The molecule has 102 valence electrons. The number of ether oxygens (including phenoxy) is 1. The average Bonchev–Trinajstić information content (AvgIpc) is 2.41. The summed E-state index contributed by atoms with van der Waals surface area (Å²) < 4.78 is 5.85.